The predicted octanol–water partition coefficient (Wildman–Crippen LogP) is 3.97. The van der Waals surface area contributed by atoms with Crippen LogP contribution in [-0.2, 0) is 4.79 Å². The van der Waals surface area contributed by atoms with Gasteiger partial charge in [-0.25, -0.2) is 4.79 Å². The fourth-order valence-corrected chi connectivity index (χ4v) is 3.77. The van der Waals surface area contributed by atoms with Gasteiger partial charge in [0.05, 0.1) is 17.1 Å². The molecule has 2 aromatic carbocycles. The Morgan fingerprint density at radius 2 is 1.70 bits per heavy atom. The molecular weight excluding hydrogens is 404 g/mol. The van der Waals surface area contributed by atoms with Crippen molar-refractivity contribution in [3.8, 4) is 5.75 Å². The zero-order valence-electron chi connectivity index (χ0n) is 17.1. The number of carbonyl (C=O) groups excluding carboxylic acids is 1. The molecule has 0 radical (unpaired) electrons. The summed E-state index contributed by atoms with van der Waals surface area (Å²) in [6.07, 6.45) is 3.63. The first-order valence-corrected chi connectivity index (χ1v) is 10.1. The van der Waals surface area contributed by atoms with E-state index in [9.17, 15) is 9.59 Å². The predicted molar refractivity (Wildman–Crippen MR) is 118 cm³/mol. The Morgan fingerprint density at radius 1 is 1.07 bits per heavy atom. The van der Waals surface area contributed by atoms with E-state index in [-0.39, 0.29) is 29.9 Å². The SMILES string of the molecule is CC(NC(=O)C1(NCCOc2ccccc2)CCCC1)c1ccc(C(=O)O)cc1.Cl. The Kier molecular flexibility index (Phi) is 8.69. The highest BCUT2D eigenvalue weighted by Crippen LogP contribution is 2.30. The number of amides is 1. The second-order valence-corrected chi connectivity index (χ2v) is 7.50. The minimum Gasteiger partial charge on any atom is -0.492 e. The maximum Gasteiger partial charge on any atom is 0.335 e. The van der Waals surface area contributed by atoms with Crippen LogP contribution in [0.25, 0.3) is 0 Å². The van der Waals surface area contributed by atoms with Crippen LogP contribution in [-0.4, -0.2) is 35.7 Å². The molecular formula is C23H29ClN2O4. The Morgan fingerprint density at radius 3 is 2.30 bits per heavy atom. The molecule has 1 aliphatic rings. The second kappa shape index (κ2) is 11.0. The van der Waals surface area contributed by atoms with Crippen molar-refractivity contribution in [3.63, 3.8) is 0 Å². The molecule has 0 spiro atoms. The lowest BCUT2D eigenvalue weighted by Crippen LogP contribution is -2.56. The zero-order valence-corrected chi connectivity index (χ0v) is 17.9. The summed E-state index contributed by atoms with van der Waals surface area (Å²) in [6.45, 7) is 2.99. The third-order valence-corrected chi connectivity index (χ3v) is 5.47. The summed E-state index contributed by atoms with van der Waals surface area (Å²) >= 11 is 0. The van der Waals surface area contributed by atoms with Gasteiger partial charge in [0.2, 0.25) is 5.91 Å². The van der Waals surface area contributed by atoms with E-state index in [0.717, 1.165) is 37.0 Å². The van der Waals surface area contributed by atoms with Crippen LogP contribution in [0.4, 0.5) is 0 Å². The molecule has 0 heterocycles. The number of aromatic carboxylic acids is 1. The van der Waals surface area contributed by atoms with Crippen LogP contribution >= 0.6 is 12.4 Å². The highest BCUT2D eigenvalue weighted by Gasteiger charge is 2.41. The number of carboxylic acid groups (broad SMARTS) is 1. The molecule has 30 heavy (non-hydrogen) atoms. The molecule has 3 N–H and O–H groups in total. The van der Waals surface area contributed by atoms with Crippen molar-refractivity contribution in [1.82, 2.24) is 10.6 Å². The molecule has 0 saturated heterocycles. The third-order valence-electron chi connectivity index (χ3n) is 5.47. The summed E-state index contributed by atoms with van der Waals surface area (Å²) in [6, 6.07) is 16.0. The van der Waals surface area contributed by atoms with Gasteiger partial charge in [-0.2, -0.15) is 0 Å². The van der Waals surface area contributed by atoms with Crippen LogP contribution in [0.1, 0.15) is 54.6 Å². The highest BCUT2D eigenvalue weighted by molar-refractivity contribution is 5.88. The van der Waals surface area contributed by atoms with Gasteiger partial charge in [-0.3, -0.25) is 10.1 Å². The molecule has 162 valence electrons. The van der Waals surface area contributed by atoms with E-state index in [1.807, 2.05) is 37.3 Å². The number of rotatable bonds is 9. The van der Waals surface area contributed by atoms with E-state index >= 15 is 0 Å². The fraction of sp³-hybridized carbons (Fsp3) is 0.391. The van der Waals surface area contributed by atoms with Crippen LogP contribution in [0.3, 0.4) is 0 Å². The minimum atomic E-state index is -0.958. The standard InChI is InChI=1S/C23H28N2O4.ClH/c1-17(18-9-11-19(12-10-18)21(26)27)25-22(28)23(13-5-6-14-23)24-15-16-29-20-7-3-2-4-8-20;/h2-4,7-12,17,24H,5-6,13-16H2,1H3,(H,25,28)(H,26,27);1H. The Hall–Kier alpha value is -2.57. The average Bonchev–Trinajstić information content (AvgIpc) is 3.22. The first-order valence-electron chi connectivity index (χ1n) is 10.1. The summed E-state index contributed by atoms with van der Waals surface area (Å²) in [5.41, 5.74) is 0.540. The van der Waals surface area contributed by atoms with Crippen LogP contribution in [0, 0.1) is 0 Å². The maximum absolute atomic E-state index is 13.1. The number of hydrogen-bond donors (Lipinski definition) is 3. The van der Waals surface area contributed by atoms with Gasteiger partial charge >= 0.3 is 5.97 Å². The third kappa shape index (κ3) is 5.97. The highest BCUT2D eigenvalue weighted by atomic mass is 35.5. The number of hydrogen-bond acceptors (Lipinski definition) is 4. The minimum absolute atomic E-state index is 0. The maximum atomic E-state index is 13.1. The molecule has 1 saturated carbocycles. The van der Waals surface area contributed by atoms with Gasteiger partial charge in [0.25, 0.3) is 0 Å². The number of para-hydroxylation sites is 1. The average molecular weight is 433 g/mol. The molecule has 1 unspecified atom stereocenters. The van der Waals surface area contributed by atoms with E-state index in [0.29, 0.717) is 13.2 Å². The van der Waals surface area contributed by atoms with Gasteiger partial charge in [0.15, 0.2) is 0 Å². The van der Waals surface area contributed by atoms with Crippen molar-refractivity contribution in [2.45, 2.75) is 44.2 Å². The van der Waals surface area contributed by atoms with E-state index in [4.69, 9.17) is 9.84 Å². The second-order valence-electron chi connectivity index (χ2n) is 7.50. The quantitative estimate of drug-likeness (QED) is 0.522. The van der Waals surface area contributed by atoms with Crippen LogP contribution in [0.15, 0.2) is 54.6 Å². The van der Waals surface area contributed by atoms with E-state index in [1.165, 1.54) is 0 Å². The van der Waals surface area contributed by atoms with Crippen LogP contribution in [0.5, 0.6) is 5.75 Å². The zero-order chi connectivity index (χ0) is 20.7. The number of halogens is 1. The fourth-order valence-electron chi connectivity index (χ4n) is 3.77. The number of nitrogens with one attached hydrogen (secondary N) is 2. The molecule has 1 amide bonds. The molecule has 1 fully saturated rings. The molecule has 7 heteroatoms. The largest absolute Gasteiger partial charge is 0.492 e. The van der Waals surface area contributed by atoms with Gasteiger partial charge in [0, 0.05) is 6.54 Å². The summed E-state index contributed by atoms with van der Waals surface area (Å²) in [4.78, 5) is 24.1. The van der Waals surface area contributed by atoms with Crippen LogP contribution < -0.4 is 15.4 Å². The molecule has 1 aliphatic carbocycles. The lowest BCUT2D eigenvalue weighted by molar-refractivity contribution is -0.128. The topological polar surface area (TPSA) is 87.7 Å². The monoisotopic (exact) mass is 432 g/mol. The van der Waals surface area contributed by atoms with Gasteiger partial charge in [-0.05, 0) is 49.6 Å². The smallest absolute Gasteiger partial charge is 0.335 e. The van der Waals surface area contributed by atoms with Gasteiger partial charge in [-0.1, -0.05) is 43.2 Å². The lowest BCUT2D eigenvalue weighted by Gasteiger charge is -2.31. The summed E-state index contributed by atoms with van der Waals surface area (Å²) in [5.74, 6) is -0.151. The van der Waals surface area contributed by atoms with Crippen LogP contribution in [0.2, 0.25) is 0 Å². The van der Waals surface area contributed by atoms with Gasteiger partial charge in [0.1, 0.15) is 12.4 Å². The Balaban J connectivity index is 0.00000320. The normalized spacial score (nSPS) is 15.6. The van der Waals surface area contributed by atoms with E-state index in [2.05, 4.69) is 10.6 Å². The lowest BCUT2D eigenvalue weighted by atomic mass is 9.95. The number of carbonyl (C=O) groups is 2. The van der Waals surface area contributed by atoms with Gasteiger partial charge < -0.3 is 15.2 Å². The Labute approximate surface area is 183 Å². The number of ether oxygens (including phenoxy) is 1. The summed E-state index contributed by atoms with van der Waals surface area (Å²) in [7, 11) is 0. The van der Waals surface area contributed by atoms with Crippen molar-refractivity contribution in [2.75, 3.05) is 13.2 Å². The first kappa shape index (κ1) is 23.7. The Bertz CT molecular complexity index is 821. The van der Waals surface area contributed by atoms with Crippen molar-refractivity contribution in [1.29, 1.82) is 0 Å². The summed E-state index contributed by atoms with van der Waals surface area (Å²) < 4.78 is 5.73. The molecule has 2 aromatic rings. The first-order chi connectivity index (χ1) is 14.0. The van der Waals surface area contributed by atoms with Crippen molar-refractivity contribution >= 4 is 24.3 Å². The summed E-state index contributed by atoms with van der Waals surface area (Å²) in [5, 5.41) is 15.6. The molecule has 1 atom stereocenters. The van der Waals surface area contributed by atoms with Crippen molar-refractivity contribution < 1.29 is 19.4 Å². The molecule has 0 aliphatic heterocycles. The van der Waals surface area contributed by atoms with Crippen molar-refractivity contribution in [2.24, 2.45) is 0 Å². The molecule has 3 rings (SSSR count). The van der Waals surface area contributed by atoms with Gasteiger partial charge in [-0.15, -0.1) is 12.4 Å². The molecule has 6 nitrogen and oxygen atoms in total. The number of carboxylic acids is 1. The molecule has 0 aromatic heterocycles. The van der Waals surface area contributed by atoms with Crippen molar-refractivity contribution in [3.05, 3.63) is 65.7 Å². The molecule has 0 bridgehead atoms. The van der Waals surface area contributed by atoms with E-state index < -0.39 is 11.5 Å². The van der Waals surface area contributed by atoms with E-state index in [1.54, 1.807) is 24.3 Å². The number of benzene rings is 2.